The highest BCUT2D eigenvalue weighted by atomic mass is 32.1. The maximum absolute atomic E-state index is 12.5. The van der Waals surface area contributed by atoms with Crippen LogP contribution in [-0.4, -0.2) is 34.8 Å². The van der Waals surface area contributed by atoms with Crippen LogP contribution in [-0.2, 0) is 16.0 Å². The molecule has 0 radical (unpaired) electrons. The third kappa shape index (κ3) is 4.20. The van der Waals surface area contributed by atoms with Gasteiger partial charge in [-0.15, -0.1) is 11.3 Å². The molecule has 1 aromatic carbocycles. The van der Waals surface area contributed by atoms with Crippen LogP contribution < -0.4 is 5.32 Å². The summed E-state index contributed by atoms with van der Waals surface area (Å²) in [7, 11) is 0. The molecule has 0 spiro atoms. The fourth-order valence-corrected chi connectivity index (χ4v) is 3.55. The standard InChI is InChI=1S/C18H21N3O2S/c1-13-19-16(12-24-13)10-17(22)21-9-5-6-14(11-21)18(23)20-15-7-3-2-4-8-15/h2-4,7-8,12,14H,5-6,9-11H2,1H3,(H,20,23). The van der Waals surface area contributed by atoms with Gasteiger partial charge in [-0.2, -0.15) is 0 Å². The average molecular weight is 343 g/mol. The van der Waals surface area contributed by atoms with Crippen molar-refractivity contribution in [3.05, 3.63) is 46.4 Å². The van der Waals surface area contributed by atoms with Crippen molar-refractivity contribution in [1.82, 2.24) is 9.88 Å². The summed E-state index contributed by atoms with van der Waals surface area (Å²) in [5.41, 5.74) is 1.61. The summed E-state index contributed by atoms with van der Waals surface area (Å²) in [5.74, 6) is -0.110. The first kappa shape index (κ1) is 16.6. The molecule has 1 aliphatic rings. The Kier molecular flexibility index (Phi) is 5.25. The second-order valence-electron chi connectivity index (χ2n) is 6.07. The van der Waals surface area contributed by atoms with Crippen LogP contribution in [0.5, 0.6) is 0 Å². The number of nitrogens with one attached hydrogen (secondary N) is 1. The number of hydrogen-bond donors (Lipinski definition) is 1. The lowest BCUT2D eigenvalue weighted by atomic mass is 9.96. The Morgan fingerprint density at radius 2 is 2.12 bits per heavy atom. The number of piperidine rings is 1. The zero-order valence-electron chi connectivity index (χ0n) is 13.7. The summed E-state index contributed by atoms with van der Waals surface area (Å²) in [6.45, 7) is 3.14. The van der Waals surface area contributed by atoms with Crippen molar-refractivity contribution in [2.45, 2.75) is 26.2 Å². The second kappa shape index (κ2) is 7.57. The fraction of sp³-hybridized carbons (Fsp3) is 0.389. The van der Waals surface area contributed by atoms with Gasteiger partial charge in [0.25, 0.3) is 0 Å². The van der Waals surface area contributed by atoms with Gasteiger partial charge >= 0.3 is 0 Å². The van der Waals surface area contributed by atoms with E-state index in [0.29, 0.717) is 13.0 Å². The second-order valence-corrected chi connectivity index (χ2v) is 7.13. The van der Waals surface area contributed by atoms with E-state index in [2.05, 4.69) is 10.3 Å². The molecule has 1 saturated heterocycles. The molecule has 1 aliphatic heterocycles. The van der Waals surface area contributed by atoms with E-state index >= 15 is 0 Å². The normalized spacial score (nSPS) is 17.5. The van der Waals surface area contributed by atoms with Crippen LogP contribution in [0.3, 0.4) is 0 Å². The average Bonchev–Trinajstić information content (AvgIpc) is 3.00. The van der Waals surface area contributed by atoms with Crippen molar-refractivity contribution in [3.8, 4) is 0 Å². The summed E-state index contributed by atoms with van der Waals surface area (Å²) in [5, 5.41) is 5.83. The number of aryl methyl sites for hydroxylation is 1. The van der Waals surface area contributed by atoms with E-state index in [1.807, 2.05) is 42.6 Å². The maximum atomic E-state index is 12.5. The Morgan fingerprint density at radius 1 is 1.33 bits per heavy atom. The van der Waals surface area contributed by atoms with Crippen molar-refractivity contribution >= 4 is 28.8 Å². The van der Waals surface area contributed by atoms with Crippen LogP contribution in [0.2, 0.25) is 0 Å². The molecule has 24 heavy (non-hydrogen) atoms. The minimum atomic E-state index is -0.153. The molecule has 1 fully saturated rings. The van der Waals surface area contributed by atoms with Gasteiger partial charge in [-0.3, -0.25) is 9.59 Å². The van der Waals surface area contributed by atoms with Crippen molar-refractivity contribution in [2.75, 3.05) is 18.4 Å². The van der Waals surface area contributed by atoms with Gasteiger partial charge in [-0.25, -0.2) is 4.98 Å². The molecule has 2 amide bonds. The van der Waals surface area contributed by atoms with E-state index < -0.39 is 0 Å². The number of likely N-dealkylation sites (tertiary alicyclic amines) is 1. The molecule has 1 atom stereocenters. The number of anilines is 1. The predicted molar refractivity (Wildman–Crippen MR) is 94.9 cm³/mol. The quantitative estimate of drug-likeness (QED) is 0.928. The third-order valence-corrected chi connectivity index (χ3v) is 5.01. The molecule has 2 heterocycles. The molecule has 5 nitrogen and oxygen atoms in total. The number of rotatable bonds is 4. The molecule has 6 heteroatoms. The van der Waals surface area contributed by atoms with E-state index in [9.17, 15) is 9.59 Å². The lowest BCUT2D eigenvalue weighted by molar-refractivity contribution is -0.134. The number of benzene rings is 1. The topological polar surface area (TPSA) is 62.3 Å². The smallest absolute Gasteiger partial charge is 0.229 e. The number of amides is 2. The number of carbonyl (C=O) groups excluding carboxylic acids is 2. The molecular formula is C18H21N3O2S. The highest BCUT2D eigenvalue weighted by molar-refractivity contribution is 7.09. The first-order valence-corrected chi connectivity index (χ1v) is 9.04. The number of aromatic nitrogens is 1. The Hall–Kier alpha value is -2.21. The molecule has 2 aromatic rings. The molecular weight excluding hydrogens is 322 g/mol. The Morgan fingerprint density at radius 3 is 2.83 bits per heavy atom. The lowest BCUT2D eigenvalue weighted by Gasteiger charge is -2.32. The molecule has 0 bridgehead atoms. The fourth-order valence-electron chi connectivity index (χ4n) is 2.94. The van der Waals surface area contributed by atoms with Crippen molar-refractivity contribution < 1.29 is 9.59 Å². The first-order chi connectivity index (χ1) is 11.6. The Bertz CT molecular complexity index is 714. The largest absolute Gasteiger partial charge is 0.342 e. The maximum Gasteiger partial charge on any atom is 0.229 e. The number of thiazole rings is 1. The molecule has 126 valence electrons. The van der Waals surface area contributed by atoms with Crippen molar-refractivity contribution in [1.29, 1.82) is 0 Å². The van der Waals surface area contributed by atoms with E-state index in [-0.39, 0.29) is 17.7 Å². The Balaban J connectivity index is 1.57. The van der Waals surface area contributed by atoms with E-state index in [1.165, 1.54) is 0 Å². The molecule has 3 rings (SSSR count). The molecule has 1 N–H and O–H groups in total. The predicted octanol–water partition coefficient (Wildman–Crippen LogP) is 2.87. The van der Waals surface area contributed by atoms with Gasteiger partial charge in [0.1, 0.15) is 0 Å². The van der Waals surface area contributed by atoms with Crippen molar-refractivity contribution in [2.24, 2.45) is 5.92 Å². The SMILES string of the molecule is Cc1nc(CC(=O)N2CCCC(C(=O)Nc3ccccc3)C2)cs1. The Labute approximate surface area is 145 Å². The van der Waals surface area contributed by atoms with Crippen LogP contribution in [0.1, 0.15) is 23.5 Å². The summed E-state index contributed by atoms with van der Waals surface area (Å²) >= 11 is 1.55. The molecule has 1 unspecified atom stereocenters. The van der Waals surface area contributed by atoms with Crippen LogP contribution >= 0.6 is 11.3 Å². The lowest BCUT2D eigenvalue weighted by Crippen LogP contribution is -2.44. The summed E-state index contributed by atoms with van der Waals surface area (Å²) < 4.78 is 0. The summed E-state index contributed by atoms with van der Waals surface area (Å²) in [6, 6.07) is 9.43. The van der Waals surface area contributed by atoms with Crippen LogP contribution in [0.4, 0.5) is 5.69 Å². The van der Waals surface area contributed by atoms with Gasteiger partial charge in [0, 0.05) is 24.2 Å². The minimum Gasteiger partial charge on any atom is -0.342 e. The van der Waals surface area contributed by atoms with E-state index in [4.69, 9.17) is 0 Å². The van der Waals surface area contributed by atoms with Gasteiger partial charge in [0.05, 0.1) is 23.0 Å². The highest BCUT2D eigenvalue weighted by Crippen LogP contribution is 2.20. The summed E-state index contributed by atoms with van der Waals surface area (Å²) in [4.78, 5) is 31.0. The van der Waals surface area contributed by atoms with Crippen molar-refractivity contribution in [3.63, 3.8) is 0 Å². The zero-order chi connectivity index (χ0) is 16.9. The van der Waals surface area contributed by atoms with Gasteiger partial charge in [0.15, 0.2) is 0 Å². The van der Waals surface area contributed by atoms with Crippen LogP contribution in [0, 0.1) is 12.8 Å². The van der Waals surface area contributed by atoms with Gasteiger partial charge < -0.3 is 10.2 Å². The number of para-hydroxylation sites is 1. The molecule has 1 aromatic heterocycles. The highest BCUT2D eigenvalue weighted by Gasteiger charge is 2.28. The number of nitrogens with zero attached hydrogens (tertiary/aromatic N) is 2. The number of hydrogen-bond acceptors (Lipinski definition) is 4. The zero-order valence-corrected chi connectivity index (χ0v) is 14.5. The monoisotopic (exact) mass is 343 g/mol. The van der Waals surface area contributed by atoms with Gasteiger partial charge in [-0.1, -0.05) is 18.2 Å². The van der Waals surface area contributed by atoms with Gasteiger partial charge in [0.2, 0.25) is 11.8 Å². The number of carbonyl (C=O) groups is 2. The molecule has 0 aliphatic carbocycles. The summed E-state index contributed by atoms with van der Waals surface area (Å²) in [6.07, 6.45) is 1.99. The van der Waals surface area contributed by atoms with Gasteiger partial charge in [-0.05, 0) is 31.9 Å². The first-order valence-electron chi connectivity index (χ1n) is 8.16. The molecule has 0 saturated carbocycles. The minimum absolute atomic E-state index is 0.0109. The third-order valence-electron chi connectivity index (χ3n) is 4.19. The van der Waals surface area contributed by atoms with E-state index in [0.717, 1.165) is 35.8 Å². The van der Waals surface area contributed by atoms with E-state index in [1.54, 1.807) is 16.2 Å². The van der Waals surface area contributed by atoms with Crippen LogP contribution in [0.25, 0.3) is 0 Å². The van der Waals surface area contributed by atoms with Crippen LogP contribution in [0.15, 0.2) is 35.7 Å².